The number of hydrogen-bond donors (Lipinski definition) is 0. The fraction of sp³-hybridized carbons (Fsp3) is 0.818. The first-order valence-corrected chi connectivity index (χ1v) is 5.37. The van der Waals surface area contributed by atoms with E-state index in [2.05, 4.69) is 4.74 Å². The van der Waals surface area contributed by atoms with Crippen LogP contribution in [0.25, 0.3) is 0 Å². The minimum Gasteiger partial charge on any atom is -0.466 e. The first-order valence-electron chi connectivity index (χ1n) is 5.37. The number of amides is 1. The number of carbonyl (C=O) groups excluding carboxylic acids is 2. The maximum atomic E-state index is 9.82. The van der Waals surface area contributed by atoms with Gasteiger partial charge in [-0.15, -0.1) is 0 Å². The van der Waals surface area contributed by atoms with Gasteiger partial charge in [-0.2, -0.15) is 0 Å². The van der Waals surface area contributed by atoms with E-state index in [0.717, 1.165) is 19.6 Å². The first-order chi connectivity index (χ1) is 7.54. The zero-order chi connectivity index (χ0) is 12.8. The second-order valence-electron chi connectivity index (χ2n) is 3.31. The summed E-state index contributed by atoms with van der Waals surface area (Å²) in [5.74, 6) is -0.211. The normalized spacial score (nSPS) is 12.5. The van der Waals surface area contributed by atoms with E-state index in [9.17, 15) is 9.59 Å². The number of esters is 1. The van der Waals surface area contributed by atoms with Gasteiger partial charge in [0.15, 0.2) is 0 Å². The van der Waals surface area contributed by atoms with Crippen molar-refractivity contribution in [1.82, 2.24) is 4.90 Å². The molecule has 0 aromatic rings. The summed E-state index contributed by atoms with van der Waals surface area (Å²) in [5.41, 5.74) is 0. The smallest absolute Gasteiger partial charge is 0.302 e. The number of nitrogens with zero attached hydrogens (tertiary/aromatic N) is 1. The van der Waals surface area contributed by atoms with Crippen molar-refractivity contribution in [3.05, 3.63) is 0 Å². The van der Waals surface area contributed by atoms with Crippen LogP contribution in [0.4, 0.5) is 0 Å². The summed E-state index contributed by atoms with van der Waals surface area (Å²) in [6, 6.07) is 0. The summed E-state index contributed by atoms with van der Waals surface area (Å²) >= 11 is 0. The van der Waals surface area contributed by atoms with Crippen LogP contribution in [0.1, 0.15) is 26.7 Å². The van der Waals surface area contributed by atoms with Gasteiger partial charge in [-0.25, -0.2) is 0 Å². The molecule has 0 spiro atoms. The van der Waals surface area contributed by atoms with Crippen LogP contribution < -0.4 is 0 Å². The minimum atomic E-state index is -0.211. The quantitative estimate of drug-likeness (QED) is 0.529. The van der Waals surface area contributed by atoms with Crippen LogP contribution in [0.3, 0.4) is 0 Å². The second-order valence-corrected chi connectivity index (χ2v) is 3.31. The van der Waals surface area contributed by atoms with E-state index in [1.165, 1.54) is 24.7 Å². The van der Waals surface area contributed by atoms with Crippen LogP contribution in [0.2, 0.25) is 0 Å². The molecule has 16 heavy (non-hydrogen) atoms. The molecule has 1 fully saturated rings. The molecule has 0 radical (unpaired) electrons. The lowest BCUT2D eigenvalue weighted by atomic mass is 10.4. The van der Waals surface area contributed by atoms with E-state index >= 15 is 0 Å². The molecular weight excluding hydrogens is 210 g/mol. The average molecular weight is 233 g/mol. The topological polar surface area (TPSA) is 55.8 Å². The summed E-state index contributed by atoms with van der Waals surface area (Å²) in [6.07, 6.45) is 3.31. The molecule has 1 heterocycles. The lowest BCUT2D eigenvalue weighted by Crippen LogP contribution is -2.06. The van der Waals surface area contributed by atoms with E-state index < -0.39 is 0 Å². The lowest BCUT2D eigenvalue weighted by molar-refractivity contribution is -0.140. The fourth-order valence-electron chi connectivity index (χ4n) is 0.714. The third kappa shape index (κ3) is 23.1. The van der Waals surface area contributed by atoms with E-state index in [-0.39, 0.29) is 5.97 Å². The van der Waals surface area contributed by atoms with Crippen molar-refractivity contribution in [3.8, 4) is 0 Å². The van der Waals surface area contributed by atoms with Crippen molar-refractivity contribution in [2.75, 3.05) is 33.9 Å². The molecule has 0 atom stereocenters. The van der Waals surface area contributed by atoms with Gasteiger partial charge >= 0.3 is 5.97 Å². The number of ether oxygens (including phenoxy) is 2. The molecule has 0 N–H and O–H groups in total. The van der Waals surface area contributed by atoms with Gasteiger partial charge in [0.1, 0.15) is 0 Å². The molecule has 0 unspecified atom stereocenters. The zero-order valence-corrected chi connectivity index (χ0v) is 10.7. The zero-order valence-electron chi connectivity index (χ0n) is 10.7. The summed E-state index contributed by atoms with van der Waals surface area (Å²) in [4.78, 5) is 20.7. The van der Waals surface area contributed by atoms with Crippen molar-refractivity contribution in [2.45, 2.75) is 26.7 Å². The molecular formula is C11H23NO4. The third-order valence-electron chi connectivity index (χ3n) is 1.39. The fourth-order valence-corrected chi connectivity index (χ4v) is 0.714. The molecule has 0 bridgehead atoms. The predicted molar refractivity (Wildman–Crippen MR) is 62.1 cm³/mol. The average Bonchev–Trinajstić information content (AvgIpc) is 2.76. The van der Waals surface area contributed by atoms with Gasteiger partial charge in [-0.3, -0.25) is 9.59 Å². The molecule has 1 saturated heterocycles. The van der Waals surface area contributed by atoms with Crippen LogP contribution in [0.15, 0.2) is 0 Å². The molecule has 0 saturated carbocycles. The number of rotatable bonds is 2. The van der Waals surface area contributed by atoms with Gasteiger partial charge in [0, 0.05) is 34.2 Å². The summed E-state index contributed by atoms with van der Waals surface area (Å²) in [6.45, 7) is 5.65. The van der Waals surface area contributed by atoms with E-state index in [0.29, 0.717) is 6.61 Å². The van der Waals surface area contributed by atoms with Crippen molar-refractivity contribution in [3.63, 3.8) is 0 Å². The van der Waals surface area contributed by atoms with Crippen LogP contribution in [-0.4, -0.2) is 51.2 Å². The molecule has 0 aromatic heterocycles. The maximum absolute atomic E-state index is 9.82. The van der Waals surface area contributed by atoms with Crippen molar-refractivity contribution in [1.29, 1.82) is 0 Å². The van der Waals surface area contributed by atoms with Crippen LogP contribution in [0, 0.1) is 0 Å². The third-order valence-corrected chi connectivity index (χ3v) is 1.39. The highest BCUT2D eigenvalue weighted by molar-refractivity contribution is 5.65. The minimum absolute atomic E-state index is 0.211. The number of carbonyl (C=O) groups is 2. The van der Waals surface area contributed by atoms with Gasteiger partial charge < -0.3 is 14.4 Å². The van der Waals surface area contributed by atoms with Gasteiger partial charge in [-0.05, 0) is 19.8 Å². The van der Waals surface area contributed by atoms with Crippen molar-refractivity contribution >= 4 is 12.4 Å². The van der Waals surface area contributed by atoms with Crippen molar-refractivity contribution in [2.24, 2.45) is 0 Å². The number of hydrogen-bond acceptors (Lipinski definition) is 4. The standard InChI is InChI=1S/C4H8O2.C4H8O.C3H7NO/c1-3-6-4(2)5;1-2-4-5-3-1;1-4(2)3-5/h3H2,1-2H3;1-4H2;3H,1-2H3. The maximum Gasteiger partial charge on any atom is 0.302 e. The Hall–Kier alpha value is -1.10. The Labute approximate surface area is 97.7 Å². The Morgan fingerprint density at radius 3 is 1.88 bits per heavy atom. The Balaban J connectivity index is 0. The molecule has 1 amide bonds. The summed E-state index contributed by atoms with van der Waals surface area (Å²) in [5, 5.41) is 0. The predicted octanol–water partition coefficient (Wildman–Crippen LogP) is 1.07. The van der Waals surface area contributed by atoms with E-state index in [1.807, 2.05) is 0 Å². The Kier molecular flexibility index (Phi) is 15.0. The van der Waals surface area contributed by atoms with Crippen molar-refractivity contribution < 1.29 is 19.1 Å². The van der Waals surface area contributed by atoms with Crippen LogP contribution in [0.5, 0.6) is 0 Å². The molecule has 0 aromatic carbocycles. The van der Waals surface area contributed by atoms with Gasteiger partial charge in [0.25, 0.3) is 0 Å². The lowest BCUT2D eigenvalue weighted by Gasteiger charge is -1.93. The van der Waals surface area contributed by atoms with Gasteiger partial charge in [0.2, 0.25) is 6.41 Å². The summed E-state index contributed by atoms with van der Waals surface area (Å²) in [7, 11) is 3.38. The Morgan fingerprint density at radius 1 is 1.38 bits per heavy atom. The van der Waals surface area contributed by atoms with Crippen LogP contribution >= 0.6 is 0 Å². The molecule has 5 heteroatoms. The van der Waals surface area contributed by atoms with Crippen LogP contribution in [-0.2, 0) is 19.1 Å². The Morgan fingerprint density at radius 2 is 1.81 bits per heavy atom. The molecule has 1 rings (SSSR count). The molecule has 1 aliphatic heterocycles. The monoisotopic (exact) mass is 233 g/mol. The molecule has 0 aliphatic carbocycles. The molecule has 5 nitrogen and oxygen atoms in total. The highest BCUT2D eigenvalue weighted by Crippen LogP contribution is 1.98. The van der Waals surface area contributed by atoms with Gasteiger partial charge in [0.05, 0.1) is 6.61 Å². The molecule has 1 aliphatic rings. The summed E-state index contributed by atoms with van der Waals surface area (Å²) < 4.78 is 9.35. The van der Waals surface area contributed by atoms with Gasteiger partial charge in [-0.1, -0.05) is 0 Å². The van der Waals surface area contributed by atoms with E-state index in [4.69, 9.17) is 4.74 Å². The SMILES string of the molecule is C1CCOC1.CCOC(C)=O.CN(C)C=O. The second kappa shape index (κ2) is 13.9. The molecule has 96 valence electrons. The highest BCUT2D eigenvalue weighted by Gasteiger charge is 1.94. The first kappa shape index (κ1) is 17.3. The Bertz CT molecular complexity index is 160. The van der Waals surface area contributed by atoms with E-state index in [1.54, 1.807) is 21.0 Å². The highest BCUT2D eigenvalue weighted by atomic mass is 16.5. The largest absolute Gasteiger partial charge is 0.466 e.